The van der Waals surface area contributed by atoms with Gasteiger partial charge in [-0.3, -0.25) is 5.10 Å². The van der Waals surface area contributed by atoms with Crippen LogP contribution in [0.4, 0.5) is 0 Å². The number of nitrogens with zero attached hydrogens (tertiary/aromatic N) is 2. The SMILES string of the molecule is CCCNCc1ccc(Sc2ncn[nH]2)c(Br)c1. The van der Waals surface area contributed by atoms with Crippen LogP contribution in [-0.4, -0.2) is 21.7 Å². The number of aromatic amines is 1. The molecular weight excluding hydrogens is 312 g/mol. The summed E-state index contributed by atoms with van der Waals surface area (Å²) in [7, 11) is 0. The van der Waals surface area contributed by atoms with Crippen LogP contribution < -0.4 is 5.32 Å². The van der Waals surface area contributed by atoms with Crippen LogP contribution in [0, 0.1) is 0 Å². The molecule has 0 radical (unpaired) electrons. The average Bonchev–Trinajstić information content (AvgIpc) is 2.86. The first kappa shape index (κ1) is 13.6. The van der Waals surface area contributed by atoms with Crippen LogP contribution in [0.1, 0.15) is 18.9 Å². The molecule has 0 spiro atoms. The number of halogens is 1. The normalized spacial score (nSPS) is 10.8. The fraction of sp³-hybridized carbons (Fsp3) is 0.333. The number of hydrogen-bond donors (Lipinski definition) is 2. The fourth-order valence-corrected chi connectivity index (χ4v) is 2.86. The van der Waals surface area contributed by atoms with Gasteiger partial charge < -0.3 is 5.32 Å². The number of aromatic nitrogens is 3. The molecule has 0 amide bonds. The highest BCUT2D eigenvalue weighted by Gasteiger charge is 2.05. The molecule has 1 aromatic heterocycles. The molecular formula is C12H15BrN4S. The molecule has 0 unspecified atom stereocenters. The van der Waals surface area contributed by atoms with E-state index in [1.54, 1.807) is 11.8 Å². The first-order valence-electron chi connectivity index (χ1n) is 5.82. The van der Waals surface area contributed by atoms with Crippen LogP contribution in [-0.2, 0) is 6.54 Å². The zero-order chi connectivity index (χ0) is 12.8. The van der Waals surface area contributed by atoms with Crippen molar-refractivity contribution in [1.29, 1.82) is 0 Å². The highest BCUT2D eigenvalue weighted by atomic mass is 79.9. The molecule has 0 aliphatic rings. The van der Waals surface area contributed by atoms with Gasteiger partial charge in [0, 0.05) is 15.9 Å². The molecule has 0 saturated carbocycles. The van der Waals surface area contributed by atoms with Gasteiger partial charge in [0.15, 0.2) is 5.16 Å². The number of hydrogen-bond acceptors (Lipinski definition) is 4. The van der Waals surface area contributed by atoms with Gasteiger partial charge in [-0.2, -0.15) is 5.10 Å². The van der Waals surface area contributed by atoms with Gasteiger partial charge in [-0.25, -0.2) is 4.98 Å². The van der Waals surface area contributed by atoms with Crippen molar-refractivity contribution in [3.05, 3.63) is 34.6 Å². The van der Waals surface area contributed by atoms with Crippen LogP contribution in [0.2, 0.25) is 0 Å². The maximum atomic E-state index is 4.10. The second kappa shape index (κ2) is 6.92. The van der Waals surface area contributed by atoms with E-state index in [2.05, 4.69) is 61.6 Å². The molecule has 0 atom stereocenters. The molecule has 1 aromatic carbocycles. The molecule has 4 nitrogen and oxygen atoms in total. The molecule has 6 heteroatoms. The van der Waals surface area contributed by atoms with Crippen molar-refractivity contribution in [2.24, 2.45) is 0 Å². The lowest BCUT2D eigenvalue weighted by Crippen LogP contribution is -2.13. The van der Waals surface area contributed by atoms with Gasteiger partial charge in [0.1, 0.15) is 6.33 Å². The quantitative estimate of drug-likeness (QED) is 0.800. The summed E-state index contributed by atoms with van der Waals surface area (Å²) in [6.45, 7) is 4.12. The van der Waals surface area contributed by atoms with E-state index >= 15 is 0 Å². The summed E-state index contributed by atoms with van der Waals surface area (Å²) in [5.41, 5.74) is 1.28. The molecule has 96 valence electrons. The van der Waals surface area contributed by atoms with E-state index in [-0.39, 0.29) is 0 Å². The van der Waals surface area contributed by atoms with Gasteiger partial charge >= 0.3 is 0 Å². The minimum absolute atomic E-state index is 0.799. The standard InChI is InChI=1S/C12H15BrN4S/c1-2-5-14-7-9-3-4-11(10(13)6-9)18-12-15-8-16-17-12/h3-4,6,8,14H,2,5,7H2,1H3,(H,15,16,17). The third-order valence-electron chi connectivity index (χ3n) is 2.35. The van der Waals surface area contributed by atoms with E-state index in [9.17, 15) is 0 Å². The molecule has 2 aromatic rings. The van der Waals surface area contributed by atoms with Crippen molar-refractivity contribution in [3.63, 3.8) is 0 Å². The van der Waals surface area contributed by atoms with Crippen LogP contribution in [0.5, 0.6) is 0 Å². The number of H-pyrrole nitrogens is 1. The largest absolute Gasteiger partial charge is 0.313 e. The Kier molecular flexibility index (Phi) is 5.22. The monoisotopic (exact) mass is 326 g/mol. The zero-order valence-corrected chi connectivity index (χ0v) is 12.5. The van der Waals surface area contributed by atoms with Crippen molar-refractivity contribution in [1.82, 2.24) is 20.5 Å². The van der Waals surface area contributed by atoms with Gasteiger partial charge in [-0.1, -0.05) is 13.0 Å². The molecule has 0 fully saturated rings. The Hall–Kier alpha value is -0.850. The molecule has 2 N–H and O–H groups in total. The molecule has 0 aliphatic heterocycles. The Morgan fingerprint density at radius 3 is 3.00 bits per heavy atom. The van der Waals surface area contributed by atoms with Gasteiger partial charge in [0.25, 0.3) is 0 Å². The lowest BCUT2D eigenvalue weighted by atomic mass is 10.2. The second-order valence-corrected chi connectivity index (χ2v) is 5.72. The maximum absolute atomic E-state index is 4.10. The summed E-state index contributed by atoms with van der Waals surface area (Å²) in [6, 6.07) is 6.37. The van der Waals surface area contributed by atoms with Crippen LogP contribution in [0.3, 0.4) is 0 Å². The summed E-state index contributed by atoms with van der Waals surface area (Å²) < 4.78 is 1.08. The number of rotatable bonds is 6. The lowest BCUT2D eigenvalue weighted by Gasteiger charge is -2.06. The minimum Gasteiger partial charge on any atom is -0.313 e. The lowest BCUT2D eigenvalue weighted by molar-refractivity contribution is 0.675. The molecule has 0 aliphatic carbocycles. The summed E-state index contributed by atoms with van der Waals surface area (Å²) in [4.78, 5) is 5.23. The molecule has 2 rings (SSSR count). The Morgan fingerprint density at radius 2 is 2.33 bits per heavy atom. The van der Waals surface area contributed by atoms with Crippen LogP contribution in [0.25, 0.3) is 0 Å². The van der Waals surface area contributed by atoms with Crippen LogP contribution in [0.15, 0.2) is 39.1 Å². The molecule has 18 heavy (non-hydrogen) atoms. The van der Waals surface area contributed by atoms with E-state index in [1.807, 2.05) is 0 Å². The van der Waals surface area contributed by atoms with E-state index in [1.165, 1.54) is 11.9 Å². The smallest absolute Gasteiger partial charge is 0.188 e. The first-order chi connectivity index (χ1) is 8.79. The van der Waals surface area contributed by atoms with Gasteiger partial charge in [0.2, 0.25) is 0 Å². The van der Waals surface area contributed by atoms with Crippen LogP contribution >= 0.6 is 27.7 Å². The van der Waals surface area contributed by atoms with E-state index < -0.39 is 0 Å². The zero-order valence-electron chi connectivity index (χ0n) is 10.1. The minimum atomic E-state index is 0.799. The van der Waals surface area contributed by atoms with Crippen molar-refractivity contribution in [2.45, 2.75) is 29.9 Å². The van der Waals surface area contributed by atoms with E-state index in [0.717, 1.165) is 34.0 Å². The Labute approximate surface area is 119 Å². The molecule has 1 heterocycles. The predicted molar refractivity (Wildman–Crippen MR) is 76.6 cm³/mol. The number of benzene rings is 1. The van der Waals surface area contributed by atoms with Gasteiger partial charge in [0.05, 0.1) is 0 Å². The first-order valence-corrected chi connectivity index (χ1v) is 7.43. The Bertz CT molecular complexity index is 487. The van der Waals surface area contributed by atoms with E-state index in [0.29, 0.717) is 0 Å². The number of nitrogens with one attached hydrogen (secondary N) is 2. The highest BCUT2D eigenvalue weighted by molar-refractivity contribution is 9.10. The Morgan fingerprint density at radius 1 is 1.44 bits per heavy atom. The average molecular weight is 327 g/mol. The summed E-state index contributed by atoms with van der Waals surface area (Å²) in [5.74, 6) is 0. The topological polar surface area (TPSA) is 53.6 Å². The Balaban J connectivity index is 2.01. The third-order valence-corrected chi connectivity index (χ3v) is 4.24. The highest BCUT2D eigenvalue weighted by Crippen LogP contribution is 2.31. The van der Waals surface area contributed by atoms with Crippen molar-refractivity contribution in [2.75, 3.05) is 6.54 Å². The molecule has 0 bridgehead atoms. The fourth-order valence-electron chi connectivity index (χ4n) is 1.49. The summed E-state index contributed by atoms with van der Waals surface area (Å²) >= 11 is 5.15. The third kappa shape index (κ3) is 3.83. The van der Waals surface area contributed by atoms with Gasteiger partial charge in [-0.05, 0) is 58.4 Å². The summed E-state index contributed by atoms with van der Waals surface area (Å²) in [6.07, 6.45) is 2.67. The van der Waals surface area contributed by atoms with E-state index in [4.69, 9.17) is 0 Å². The second-order valence-electron chi connectivity index (χ2n) is 3.83. The predicted octanol–water partition coefficient (Wildman–Crippen LogP) is 3.22. The van der Waals surface area contributed by atoms with Gasteiger partial charge in [-0.15, -0.1) is 0 Å². The summed E-state index contributed by atoms with van der Waals surface area (Å²) in [5, 5.41) is 10.9. The van der Waals surface area contributed by atoms with Crippen molar-refractivity contribution in [3.8, 4) is 0 Å². The van der Waals surface area contributed by atoms with Crippen molar-refractivity contribution >= 4 is 27.7 Å². The van der Waals surface area contributed by atoms with Crippen molar-refractivity contribution < 1.29 is 0 Å². The molecule has 0 saturated heterocycles. The maximum Gasteiger partial charge on any atom is 0.188 e.